The van der Waals surface area contributed by atoms with E-state index in [2.05, 4.69) is 5.92 Å². The molecular formula is C8H14O2S. The van der Waals surface area contributed by atoms with Crippen LogP contribution in [0, 0.1) is 18.3 Å². The van der Waals surface area contributed by atoms with Gasteiger partial charge in [-0.05, 0) is 12.3 Å². The number of hydrogen-bond acceptors (Lipinski definition) is 2. The second-order valence-corrected chi connectivity index (χ2v) is 5.16. The second kappa shape index (κ2) is 4.40. The van der Waals surface area contributed by atoms with Gasteiger partial charge >= 0.3 is 0 Å². The smallest absolute Gasteiger partial charge is 0.161 e. The molecule has 0 unspecified atom stereocenters. The van der Waals surface area contributed by atoms with E-state index in [4.69, 9.17) is 6.42 Å². The topological polar surface area (TPSA) is 34.1 Å². The van der Waals surface area contributed by atoms with Gasteiger partial charge in [-0.25, -0.2) is 8.42 Å². The lowest BCUT2D eigenvalue weighted by atomic mass is 10.2. The van der Waals surface area contributed by atoms with Crippen LogP contribution in [0.4, 0.5) is 0 Å². The number of sulfone groups is 1. The van der Waals surface area contributed by atoms with Crippen molar-refractivity contribution in [3.05, 3.63) is 0 Å². The van der Waals surface area contributed by atoms with Crippen molar-refractivity contribution in [2.24, 2.45) is 5.92 Å². The molecule has 0 heterocycles. The van der Waals surface area contributed by atoms with E-state index >= 15 is 0 Å². The minimum atomic E-state index is -2.96. The first-order valence-electron chi connectivity index (χ1n) is 3.62. The molecule has 0 amide bonds. The third kappa shape index (κ3) is 5.93. The highest BCUT2D eigenvalue weighted by Crippen LogP contribution is 2.02. The Kier molecular flexibility index (Phi) is 4.20. The van der Waals surface area contributed by atoms with Crippen LogP contribution in [0.3, 0.4) is 0 Å². The molecule has 0 bridgehead atoms. The van der Waals surface area contributed by atoms with Gasteiger partial charge in [-0.15, -0.1) is 6.42 Å². The molecule has 0 saturated heterocycles. The van der Waals surface area contributed by atoms with Crippen LogP contribution in [0.1, 0.15) is 20.3 Å². The molecule has 0 aromatic heterocycles. The quantitative estimate of drug-likeness (QED) is 0.598. The molecule has 2 nitrogen and oxygen atoms in total. The molecule has 3 heteroatoms. The average molecular weight is 174 g/mol. The van der Waals surface area contributed by atoms with Crippen molar-refractivity contribution in [1.82, 2.24) is 0 Å². The summed E-state index contributed by atoms with van der Waals surface area (Å²) in [6.45, 7) is 3.98. The normalized spacial score (nSPS) is 11.5. The van der Waals surface area contributed by atoms with Crippen molar-refractivity contribution in [3.8, 4) is 12.3 Å². The molecule has 0 fully saturated rings. The molecule has 11 heavy (non-hydrogen) atoms. The average Bonchev–Trinajstić information content (AvgIpc) is 1.84. The number of hydrogen-bond donors (Lipinski definition) is 0. The summed E-state index contributed by atoms with van der Waals surface area (Å²) in [7, 11) is -2.96. The zero-order chi connectivity index (χ0) is 8.91. The van der Waals surface area contributed by atoms with E-state index in [0.29, 0.717) is 12.3 Å². The molecule has 64 valence electrons. The lowest BCUT2D eigenvalue weighted by Crippen LogP contribution is -2.11. The Bertz CT molecular complexity index is 231. The van der Waals surface area contributed by atoms with Gasteiger partial charge in [0.05, 0.1) is 5.75 Å². The third-order valence-corrected chi connectivity index (χ3v) is 2.77. The van der Waals surface area contributed by atoms with Gasteiger partial charge in [0.2, 0.25) is 0 Å². The first-order valence-corrected chi connectivity index (χ1v) is 5.44. The molecule has 0 saturated carbocycles. The predicted molar refractivity (Wildman–Crippen MR) is 46.9 cm³/mol. The highest BCUT2D eigenvalue weighted by molar-refractivity contribution is 7.91. The third-order valence-electron chi connectivity index (χ3n) is 1.31. The van der Waals surface area contributed by atoms with E-state index in [1.54, 1.807) is 0 Å². The monoisotopic (exact) mass is 174 g/mol. The first-order chi connectivity index (χ1) is 4.98. The summed E-state index contributed by atoms with van der Waals surface area (Å²) in [6, 6.07) is 0. The SMILES string of the molecule is C#CCS(=O)(=O)CCC(C)C. The maximum Gasteiger partial charge on any atom is 0.161 e. The van der Waals surface area contributed by atoms with Crippen LogP contribution >= 0.6 is 0 Å². The Balaban J connectivity index is 3.87. The van der Waals surface area contributed by atoms with E-state index in [1.165, 1.54) is 0 Å². The van der Waals surface area contributed by atoms with Gasteiger partial charge in [0.25, 0.3) is 0 Å². The van der Waals surface area contributed by atoms with Crippen molar-refractivity contribution in [1.29, 1.82) is 0 Å². The molecule has 0 aromatic rings. The Hall–Kier alpha value is -0.490. The van der Waals surface area contributed by atoms with Gasteiger partial charge in [0.15, 0.2) is 9.84 Å². The van der Waals surface area contributed by atoms with Gasteiger partial charge in [0, 0.05) is 0 Å². The lowest BCUT2D eigenvalue weighted by Gasteiger charge is -2.02. The zero-order valence-corrected chi connectivity index (χ0v) is 7.82. The number of terminal acetylenes is 1. The van der Waals surface area contributed by atoms with Crippen LogP contribution < -0.4 is 0 Å². The van der Waals surface area contributed by atoms with Crippen LogP contribution in [-0.4, -0.2) is 19.9 Å². The van der Waals surface area contributed by atoms with Crippen molar-refractivity contribution < 1.29 is 8.42 Å². The Morgan fingerprint density at radius 1 is 1.45 bits per heavy atom. The standard InChI is InChI=1S/C8H14O2S/c1-4-6-11(9,10)7-5-8(2)3/h1,8H,5-7H2,2-3H3. The molecule has 0 aromatic carbocycles. The van der Waals surface area contributed by atoms with Crippen molar-refractivity contribution >= 4 is 9.84 Å². The molecule has 0 aliphatic carbocycles. The molecule has 0 spiro atoms. The van der Waals surface area contributed by atoms with Crippen LogP contribution in [0.5, 0.6) is 0 Å². The van der Waals surface area contributed by atoms with Crippen LogP contribution in [-0.2, 0) is 9.84 Å². The summed E-state index contributed by atoms with van der Waals surface area (Å²) < 4.78 is 22.0. The van der Waals surface area contributed by atoms with Crippen molar-refractivity contribution in [3.63, 3.8) is 0 Å². The van der Waals surface area contributed by atoms with E-state index in [1.807, 2.05) is 13.8 Å². The fourth-order valence-corrected chi connectivity index (χ4v) is 1.84. The molecule has 0 radical (unpaired) electrons. The fraction of sp³-hybridized carbons (Fsp3) is 0.750. The van der Waals surface area contributed by atoms with Crippen molar-refractivity contribution in [2.75, 3.05) is 11.5 Å². The predicted octanol–water partition coefficient (Wildman–Crippen LogP) is 1.08. The summed E-state index contributed by atoms with van der Waals surface area (Å²) in [5.74, 6) is 2.65. The lowest BCUT2D eigenvalue weighted by molar-refractivity contribution is 0.576. The Morgan fingerprint density at radius 3 is 2.36 bits per heavy atom. The maximum atomic E-state index is 11.0. The Morgan fingerprint density at radius 2 is 2.00 bits per heavy atom. The van der Waals surface area contributed by atoms with Crippen molar-refractivity contribution in [2.45, 2.75) is 20.3 Å². The molecular weight excluding hydrogens is 160 g/mol. The summed E-state index contributed by atoms with van der Waals surface area (Å²) in [5, 5.41) is 0. The summed E-state index contributed by atoms with van der Waals surface area (Å²) in [5.41, 5.74) is 0. The molecule has 0 aliphatic rings. The molecule has 0 N–H and O–H groups in total. The minimum absolute atomic E-state index is 0.125. The highest BCUT2D eigenvalue weighted by atomic mass is 32.2. The van der Waals surface area contributed by atoms with Gasteiger partial charge in [-0.2, -0.15) is 0 Å². The van der Waals surface area contributed by atoms with Gasteiger partial charge in [-0.3, -0.25) is 0 Å². The molecule has 0 rings (SSSR count). The van der Waals surface area contributed by atoms with Crippen LogP contribution in [0.2, 0.25) is 0 Å². The zero-order valence-electron chi connectivity index (χ0n) is 7.00. The van der Waals surface area contributed by atoms with E-state index in [-0.39, 0.29) is 11.5 Å². The van der Waals surface area contributed by atoms with Crippen LogP contribution in [0.25, 0.3) is 0 Å². The van der Waals surface area contributed by atoms with Gasteiger partial charge in [-0.1, -0.05) is 19.8 Å². The van der Waals surface area contributed by atoms with Gasteiger partial charge < -0.3 is 0 Å². The Labute approximate surface area is 68.9 Å². The largest absolute Gasteiger partial charge is 0.228 e. The second-order valence-electron chi connectivity index (χ2n) is 2.98. The van der Waals surface area contributed by atoms with E-state index < -0.39 is 9.84 Å². The minimum Gasteiger partial charge on any atom is -0.228 e. The van der Waals surface area contributed by atoms with E-state index in [0.717, 1.165) is 0 Å². The van der Waals surface area contributed by atoms with Gasteiger partial charge in [0.1, 0.15) is 5.75 Å². The molecule has 0 aliphatic heterocycles. The summed E-state index contributed by atoms with van der Waals surface area (Å²) in [6.07, 6.45) is 5.59. The number of rotatable bonds is 4. The van der Waals surface area contributed by atoms with E-state index in [9.17, 15) is 8.42 Å². The van der Waals surface area contributed by atoms with Crippen LogP contribution in [0.15, 0.2) is 0 Å². The summed E-state index contributed by atoms with van der Waals surface area (Å²) in [4.78, 5) is 0. The summed E-state index contributed by atoms with van der Waals surface area (Å²) >= 11 is 0. The molecule has 0 atom stereocenters. The first kappa shape index (κ1) is 10.5. The highest BCUT2D eigenvalue weighted by Gasteiger charge is 2.08. The fourth-order valence-electron chi connectivity index (χ4n) is 0.614. The maximum absolute atomic E-state index is 11.0.